The molecule has 0 aromatic carbocycles. The topological polar surface area (TPSA) is 0 Å². The van der Waals surface area contributed by atoms with E-state index in [1.807, 2.05) is 0 Å². The maximum absolute atomic E-state index is 2.30. The minimum Gasteiger partial charge on any atom is -0.0813 e. The Morgan fingerprint density at radius 3 is 1.10 bits per heavy atom. The van der Waals surface area contributed by atoms with Gasteiger partial charge in [-0.25, -0.2) is 0 Å². The summed E-state index contributed by atoms with van der Waals surface area (Å²) < 4.78 is 0. The summed E-state index contributed by atoms with van der Waals surface area (Å²) in [6.07, 6.45) is 26.4. The molecule has 0 saturated carbocycles. The molecule has 0 heterocycles. The molecule has 0 aliphatic carbocycles. The van der Waals surface area contributed by atoms with E-state index in [1.54, 1.807) is 8.58 Å². The molecular weight excluding hydrogens is 271 g/mol. The summed E-state index contributed by atoms with van der Waals surface area (Å²) >= 11 is 0. The second-order valence-corrected chi connectivity index (χ2v) is 8.09. The molecule has 0 spiro atoms. The maximum Gasteiger partial charge on any atom is -0.0287 e. The molecule has 0 saturated heterocycles. The zero-order valence-corrected chi connectivity index (χ0v) is 16.1. The van der Waals surface area contributed by atoms with Crippen LogP contribution in [0.4, 0.5) is 0 Å². The fourth-order valence-electron chi connectivity index (χ4n) is 2.93. The third-order valence-corrected chi connectivity index (χ3v) is 5.47. The van der Waals surface area contributed by atoms with Gasteiger partial charge in [0, 0.05) is 0 Å². The third kappa shape index (κ3) is 20.4. The van der Waals surface area contributed by atoms with E-state index in [-0.39, 0.29) is 0 Å². The van der Waals surface area contributed by atoms with Gasteiger partial charge in [-0.1, -0.05) is 119 Å². The van der Waals surface area contributed by atoms with Crippen LogP contribution in [0, 0.1) is 0 Å². The summed E-state index contributed by atoms with van der Waals surface area (Å²) in [5.41, 5.74) is 0. The molecule has 1 heteroatoms. The van der Waals surface area contributed by atoms with Gasteiger partial charge in [-0.2, -0.15) is 0 Å². The minimum atomic E-state index is 1.35. The largest absolute Gasteiger partial charge is 0.0813 e. The van der Waals surface area contributed by atoms with Gasteiger partial charge in [0.1, 0.15) is 0 Å². The molecule has 0 rings (SSSR count). The van der Waals surface area contributed by atoms with Crippen LogP contribution < -0.4 is 0 Å². The average molecular weight is 314 g/mol. The molecule has 0 fully saturated rings. The van der Waals surface area contributed by atoms with E-state index >= 15 is 0 Å². The number of unbranched alkanes of at least 4 members (excludes halogenated alkanes) is 15. The predicted molar refractivity (Wildman–Crippen MR) is 102 cm³/mol. The van der Waals surface area contributed by atoms with Gasteiger partial charge in [0.15, 0.2) is 0 Å². The van der Waals surface area contributed by atoms with Crippen molar-refractivity contribution in [2.75, 3.05) is 12.3 Å². The number of hydrogen-bond acceptors (Lipinski definition) is 0. The van der Waals surface area contributed by atoms with Crippen LogP contribution in [0.3, 0.4) is 0 Å². The molecule has 0 atom stereocenters. The van der Waals surface area contributed by atoms with Crippen LogP contribution in [0.5, 0.6) is 0 Å². The Bertz CT molecular complexity index is 149. The molecule has 0 aliphatic rings. The first-order valence-electron chi connectivity index (χ1n) is 10.0. The SMILES string of the molecule is CCCCCCCCCCCCCCCCCC[P]CC. The van der Waals surface area contributed by atoms with E-state index in [2.05, 4.69) is 13.8 Å². The Morgan fingerprint density at radius 1 is 0.429 bits per heavy atom. The minimum absolute atomic E-state index is 1.35. The highest BCUT2D eigenvalue weighted by molar-refractivity contribution is 7.37. The van der Waals surface area contributed by atoms with E-state index in [9.17, 15) is 0 Å². The van der Waals surface area contributed by atoms with E-state index < -0.39 is 0 Å². The molecule has 0 nitrogen and oxygen atoms in total. The van der Waals surface area contributed by atoms with Crippen LogP contribution in [0.2, 0.25) is 0 Å². The molecule has 127 valence electrons. The van der Waals surface area contributed by atoms with Gasteiger partial charge < -0.3 is 0 Å². The lowest BCUT2D eigenvalue weighted by Gasteiger charge is -2.03. The molecule has 0 amide bonds. The summed E-state index contributed by atoms with van der Waals surface area (Å²) in [6.45, 7) is 4.58. The van der Waals surface area contributed by atoms with Crippen molar-refractivity contribution in [1.29, 1.82) is 0 Å². The zero-order chi connectivity index (χ0) is 15.4. The normalized spacial score (nSPS) is 11.7. The lowest BCUT2D eigenvalue weighted by Crippen LogP contribution is -1.84. The van der Waals surface area contributed by atoms with Crippen LogP contribution in [0.15, 0.2) is 0 Å². The Morgan fingerprint density at radius 2 is 0.762 bits per heavy atom. The highest BCUT2D eigenvalue weighted by Gasteiger charge is 1.94. The van der Waals surface area contributed by atoms with Crippen LogP contribution in [0.1, 0.15) is 117 Å². The van der Waals surface area contributed by atoms with E-state index in [0.717, 1.165) is 0 Å². The summed E-state index contributed by atoms with van der Waals surface area (Å²) in [5, 5.41) is 0. The zero-order valence-electron chi connectivity index (χ0n) is 15.2. The first-order chi connectivity index (χ1) is 10.4. The van der Waals surface area contributed by atoms with Gasteiger partial charge in [0.2, 0.25) is 0 Å². The highest BCUT2D eigenvalue weighted by Crippen LogP contribution is 2.15. The van der Waals surface area contributed by atoms with Gasteiger partial charge in [-0.3, -0.25) is 0 Å². The van der Waals surface area contributed by atoms with Crippen molar-refractivity contribution in [3.8, 4) is 0 Å². The van der Waals surface area contributed by atoms with Crippen LogP contribution >= 0.6 is 8.58 Å². The molecule has 0 aromatic rings. The third-order valence-electron chi connectivity index (χ3n) is 4.39. The summed E-state index contributed by atoms with van der Waals surface area (Å²) in [5.74, 6) is 0. The van der Waals surface area contributed by atoms with Crippen molar-refractivity contribution in [3.05, 3.63) is 0 Å². The molecule has 0 N–H and O–H groups in total. The Kier molecular flexibility index (Phi) is 20.8. The number of hydrogen-bond donors (Lipinski definition) is 0. The molecule has 0 aliphatic heterocycles. The molecule has 21 heavy (non-hydrogen) atoms. The van der Waals surface area contributed by atoms with Crippen LogP contribution in [-0.4, -0.2) is 12.3 Å². The van der Waals surface area contributed by atoms with Crippen molar-refractivity contribution in [1.82, 2.24) is 0 Å². The lowest BCUT2D eigenvalue weighted by atomic mass is 10.0. The Labute approximate surface area is 138 Å². The smallest absolute Gasteiger partial charge is 0.0287 e. The molecule has 0 unspecified atom stereocenters. The number of rotatable bonds is 18. The van der Waals surface area contributed by atoms with E-state index in [1.165, 1.54) is 115 Å². The van der Waals surface area contributed by atoms with Crippen molar-refractivity contribution in [2.24, 2.45) is 0 Å². The van der Waals surface area contributed by atoms with E-state index in [0.29, 0.717) is 0 Å². The summed E-state index contributed by atoms with van der Waals surface area (Å²) in [6, 6.07) is 0. The average Bonchev–Trinajstić information content (AvgIpc) is 2.50. The highest BCUT2D eigenvalue weighted by atomic mass is 31.1. The van der Waals surface area contributed by atoms with Crippen molar-refractivity contribution >= 4 is 8.58 Å². The molecule has 0 aromatic heterocycles. The maximum atomic E-state index is 2.30. The van der Waals surface area contributed by atoms with E-state index in [4.69, 9.17) is 0 Å². The van der Waals surface area contributed by atoms with Gasteiger partial charge in [-0.15, -0.1) is 0 Å². The predicted octanol–water partition coefficient (Wildman–Crippen LogP) is 8.21. The quantitative estimate of drug-likeness (QED) is 0.177. The fourth-order valence-corrected chi connectivity index (χ4v) is 3.69. The summed E-state index contributed by atoms with van der Waals surface area (Å²) in [4.78, 5) is 0. The van der Waals surface area contributed by atoms with Crippen LogP contribution in [-0.2, 0) is 0 Å². The summed E-state index contributed by atoms with van der Waals surface area (Å²) in [7, 11) is 1.66. The Balaban J connectivity index is 2.90. The van der Waals surface area contributed by atoms with Gasteiger partial charge in [-0.05, 0) is 18.7 Å². The van der Waals surface area contributed by atoms with Crippen molar-refractivity contribution < 1.29 is 0 Å². The first kappa shape index (κ1) is 21.4. The van der Waals surface area contributed by atoms with Gasteiger partial charge >= 0.3 is 0 Å². The van der Waals surface area contributed by atoms with Gasteiger partial charge in [0.05, 0.1) is 0 Å². The van der Waals surface area contributed by atoms with Crippen molar-refractivity contribution in [2.45, 2.75) is 117 Å². The van der Waals surface area contributed by atoms with Crippen molar-refractivity contribution in [3.63, 3.8) is 0 Å². The van der Waals surface area contributed by atoms with Gasteiger partial charge in [0.25, 0.3) is 0 Å². The second kappa shape index (κ2) is 20.4. The standard InChI is InChI=1S/C20H42P/c1-3-5-6-7-8-9-10-11-12-13-14-15-16-17-18-19-20-21-4-2/h3-20H2,1-2H3. The lowest BCUT2D eigenvalue weighted by molar-refractivity contribution is 0.531. The molecule has 1 radical (unpaired) electrons. The first-order valence-corrected chi connectivity index (χ1v) is 11.3. The fraction of sp³-hybridized carbons (Fsp3) is 1.00. The second-order valence-electron chi connectivity index (χ2n) is 6.57. The van der Waals surface area contributed by atoms with Crippen LogP contribution in [0.25, 0.3) is 0 Å². The monoisotopic (exact) mass is 313 g/mol. The molecular formula is C20H42P. The Hall–Kier alpha value is 0.430. The molecule has 0 bridgehead atoms.